The largest absolute Gasteiger partial charge is 0.486 e. The molecule has 6 rings (SSSR count). The van der Waals surface area contributed by atoms with Crippen molar-refractivity contribution >= 4 is 48.7 Å². The van der Waals surface area contributed by atoms with Crippen LogP contribution in [-0.2, 0) is 21.3 Å². The van der Waals surface area contributed by atoms with Gasteiger partial charge >= 0.3 is 6.09 Å². The molecule has 0 spiro atoms. The van der Waals surface area contributed by atoms with Gasteiger partial charge in [0.2, 0.25) is 10.0 Å². The van der Waals surface area contributed by atoms with Gasteiger partial charge in [-0.1, -0.05) is 17.4 Å². The van der Waals surface area contributed by atoms with E-state index in [0.717, 1.165) is 10.3 Å². The van der Waals surface area contributed by atoms with E-state index in [0.29, 0.717) is 40.9 Å². The van der Waals surface area contributed by atoms with Gasteiger partial charge < -0.3 is 19.1 Å². The minimum Gasteiger partial charge on any atom is -0.486 e. The number of nitrogens with zero attached hydrogens (tertiary/aromatic N) is 5. The van der Waals surface area contributed by atoms with Gasteiger partial charge in [0.25, 0.3) is 5.91 Å². The number of rotatable bonds is 7. The van der Waals surface area contributed by atoms with Crippen molar-refractivity contribution in [2.24, 2.45) is 0 Å². The summed E-state index contributed by atoms with van der Waals surface area (Å²) in [6.45, 7) is 3.89. The minimum atomic E-state index is -3.82. The number of thiazole rings is 1. The second-order valence-electron chi connectivity index (χ2n) is 9.83. The van der Waals surface area contributed by atoms with Crippen LogP contribution in [0.1, 0.15) is 22.8 Å². The third kappa shape index (κ3) is 5.98. The first-order chi connectivity index (χ1) is 20.8. The summed E-state index contributed by atoms with van der Waals surface area (Å²) in [4.78, 5) is 37.9. The monoisotopic (exact) mass is 623 g/mol. The number of carbonyl (C=O) groups is 2. The fourth-order valence-corrected chi connectivity index (χ4v) is 7.26. The lowest BCUT2D eigenvalue weighted by molar-refractivity contribution is 0.0933. The SMILES string of the molecule is CCOC(=O)N1CCN(S(=O)(=O)c2ccc(C(=O)N(Cc3cccnc3)c3nc4cc5c(cc4s3)OCCO5)cc2)CC1. The number of piperazine rings is 1. The highest BCUT2D eigenvalue weighted by Gasteiger charge is 2.31. The molecule has 43 heavy (non-hydrogen) atoms. The number of aromatic nitrogens is 2. The Morgan fingerprint density at radius 3 is 2.42 bits per heavy atom. The van der Waals surface area contributed by atoms with Crippen molar-refractivity contribution in [3.8, 4) is 11.5 Å². The van der Waals surface area contributed by atoms with Crippen LogP contribution >= 0.6 is 11.3 Å². The zero-order chi connectivity index (χ0) is 30.0. The Morgan fingerprint density at radius 1 is 1.02 bits per heavy atom. The van der Waals surface area contributed by atoms with Crippen LogP contribution in [0.3, 0.4) is 0 Å². The van der Waals surface area contributed by atoms with Gasteiger partial charge in [-0.2, -0.15) is 4.31 Å². The van der Waals surface area contributed by atoms with E-state index in [1.165, 1.54) is 44.8 Å². The summed E-state index contributed by atoms with van der Waals surface area (Å²) in [5.74, 6) is 0.908. The third-order valence-electron chi connectivity index (χ3n) is 7.08. The molecule has 4 heterocycles. The average molecular weight is 624 g/mol. The van der Waals surface area contributed by atoms with Crippen molar-refractivity contribution in [2.45, 2.75) is 18.4 Å². The van der Waals surface area contributed by atoms with Crippen molar-refractivity contribution in [3.63, 3.8) is 0 Å². The maximum atomic E-state index is 13.9. The predicted octanol–water partition coefficient (Wildman–Crippen LogP) is 3.77. The van der Waals surface area contributed by atoms with Crippen LogP contribution in [0.2, 0.25) is 0 Å². The molecule has 0 N–H and O–H groups in total. The molecule has 2 aliphatic heterocycles. The molecule has 1 fully saturated rings. The Balaban J connectivity index is 1.24. The molecule has 0 radical (unpaired) electrons. The molecule has 14 heteroatoms. The lowest BCUT2D eigenvalue weighted by atomic mass is 10.2. The summed E-state index contributed by atoms with van der Waals surface area (Å²) in [5, 5.41) is 0.474. The van der Waals surface area contributed by atoms with Crippen LogP contribution in [0, 0.1) is 0 Å². The summed E-state index contributed by atoms with van der Waals surface area (Å²) in [6, 6.07) is 13.2. The molecule has 2 aliphatic rings. The van der Waals surface area contributed by atoms with Gasteiger partial charge in [0.05, 0.1) is 28.3 Å². The molecule has 1 saturated heterocycles. The molecule has 224 valence electrons. The number of carbonyl (C=O) groups excluding carboxylic acids is 2. The Bertz CT molecular complexity index is 1700. The molecule has 0 aliphatic carbocycles. The molecule has 4 aromatic rings. The number of pyridine rings is 1. The number of hydrogen-bond donors (Lipinski definition) is 0. The topological polar surface area (TPSA) is 131 Å². The molecule has 0 unspecified atom stereocenters. The Morgan fingerprint density at radius 2 is 1.74 bits per heavy atom. The van der Waals surface area contributed by atoms with Crippen molar-refractivity contribution in [3.05, 3.63) is 72.1 Å². The molecule has 2 aromatic carbocycles. The summed E-state index contributed by atoms with van der Waals surface area (Å²) in [6.07, 6.45) is 2.90. The van der Waals surface area contributed by atoms with Gasteiger partial charge in [0.1, 0.15) is 13.2 Å². The maximum absolute atomic E-state index is 13.9. The van der Waals surface area contributed by atoms with E-state index in [9.17, 15) is 18.0 Å². The number of hydrogen-bond acceptors (Lipinski definition) is 10. The standard InChI is InChI=1S/C29H29N5O7S2/c1-2-39-29(36)32-10-12-33(13-11-32)43(37,38)22-7-5-21(6-8-22)27(35)34(19-20-4-3-9-30-18-20)28-31-23-16-24-25(17-26(23)42-28)41-15-14-40-24/h3-9,16-18H,2,10-15,19H2,1H3. The summed E-state index contributed by atoms with van der Waals surface area (Å²) < 4.78 is 45.3. The van der Waals surface area contributed by atoms with Crippen LogP contribution < -0.4 is 14.4 Å². The molecule has 2 amide bonds. The number of sulfonamides is 1. The quantitative estimate of drug-likeness (QED) is 0.302. The first-order valence-electron chi connectivity index (χ1n) is 13.8. The Hall–Kier alpha value is -4.27. The third-order valence-corrected chi connectivity index (χ3v) is 10.0. The van der Waals surface area contributed by atoms with Crippen LogP contribution in [0.4, 0.5) is 9.93 Å². The zero-order valence-electron chi connectivity index (χ0n) is 23.3. The van der Waals surface area contributed by atoms with Crippen molar-refractivity contribution in [1.82, 2.24) is 19.2 Å². The van der Waals surface area contributed by atoms with Crippen molar-refractivity contribution < 1.29 is 32.2 Å². The van der Waals surface area contributed by atoms with Gasteiger partial charge in [-0.25, -0.2) is 18.2 Å². The number of fused-ring (bicyclic) bond motifs is 2. The van der Waals surface area contributed by atoms with E-state index in [-0.39, 0.29) is 50.1 Å². The maximum Gasteiger partial charge on any atom is 0.409 e. The Labute approximate surface area is 252 Å². The highest BCUT2D eigenvalue weighted by atomic mass is 32.2. The summed E-state index contributed by atoms with van der Waals surface area (Å²) in [5.41, 5.74) is 1.79. The van der Waals surface area contributed by atoms with Gasteiger partial charge in [-0.15, -0.1) is 0 Å². The van der Waals surface area contributed by atoms with Gasteiger partial charge in [-0.05, 0) is 42.8 Å². The molecule has 0 bridgehead atoms. The minimum absolute atomic E-state index is 0.0676. The molecular formula is C29H29N5O7S2. The number of ether oxygens (including phenoxy) is 3. The van der Waals surface area contributed by atoms with Crippen molar-refractivity contribution in [2.75, 3.05) is 50.9 Å². The van der Waals surface area contributed by atoms with Gasteiger partial charge in [0.15, 0.2) is 16.6 Å². The number of benzene rings is 2. The van der Waals surface area contributed by atoms with E-state index in [1.807, 2.05) is 18.2 Å². The second-order valence-corrected chi connectivity index (χ2v) is 12.8. The molecule has 12 nitrogen and oxygen atoms in total. The lowest BCUT2D eigenvalue weighted by Crippen LogP contribution is -2.50. The number of amides is 2. The molecular weight excluding hydrogens is 594 g/mol. The predicted molar refractivity (Wildman–Crippen MR) is 159 cm³/mol. The van der Waals surface area contributed by atoms with E-state index in [1.54, 1.807) is 30.3 Å². The first kappa shape index (κ1) is 28.8. The highest BCUT2D eigenvalue weighted by Crippen LogP contribution is 2.39. The van der Waals surface area contributed by atoms with Gasteiger partial charge in [-0.3, -0.25) is 14.7 Å². The molecule has 0 atom stereocenters. The van der Waals surface area contributed by atoms with E-state index in [4.69, 9.17) is 19.2 Å². The van der Waals surface area contributed by atoms with E-state index < -0.39 is 16.1 Å². The fourth-order valence-electron chi connectivity index (χ4n) is 4.87. The normalized spacial score (nSPS) is 15.3. The molecule has 0 saturated carbocycles. The van der Waals surface area contributed by atoms with Crippen LogP contribution in [0.25, 0.3) is 10.2 Å². The van der Waals surface area contributed by atoms with Crippen LogP contribution in [0.15, 0.2) is 65.8 Å². The second kappa shape index (κ2) is 12.1. The summed E-state index contributed by atoms with van der Waals surface area (Å²) >= 11 is 1.35. The van der Waals surface area contributed by atoms with Gasteiger partial charge in [0, 0.05) is 56.3 Å². The van der Waals surface area contributed by atoms with E-state index >= 15 is 0 Å². The van der Waals surface area contributed by atoms with Crippen LogP contribution in [0.5, 0.6) is 11.5 Å². The van der Waals surface area contributed by atoms with E-state index in [2.05, 4.69) is 4.98 Å². The summed E-state index contributed by atoms with van der Waals surface area (Å²) in [7, 11) is -3.82. The van der Waals surface area contributed by atoms with Crippen LogP contribution in [-0.4, -0.2) is 85.6 Å². The highest BCUT2D eigenvalue weighted by molar-refractivity contribution is 7.89. The lowest BCUT2D eigenvalue weighted by Gasteiger charge is -2.33. The first-order valence-corrected chi connectivity index (χ1v) is 16.0. The Kier molecular flexibility index (Phi) is 8.15. The fraction of sp³-hybridized carbons (Fsp3) is 0.310. The smallest absolute Gasteiger partial charge is 0.409 e. The average Bonchev–Trinajstić information content (AvgIpc) is 3.45. The van der Waals surface area contributed by atoms with Crippen molar-refractivity contribution in [1.29, 1.82) is 0 Å². The number of anilines is 1. The zero-order valence-corrected chi connectivity index (χ0v) is 25.0. The molecule has 2 aromatic heterocycles.